The van der Waals surface area contributed by atoms with E-state index in [1.54, 1.807) is 6.07 Å². The maximum Gasteiger partial charge on any atom is 0.513 e. The van der Waals surface area contributed by atoms with E-state index in [9.17, 15) is 12.9 Å². The summed E-state index contributed by atoms with van der Waals surface area (Å²) in [6.45, 7) is -0.947. The van der Waals surface area contributed by atoms with Crippen molar-refractivity contribution >= 4 is 12.4 Å². The van der Waals surface area contributed by atoms with Crippen LogP contribution in [0.3, 0.4) is 0 Å². The van der Waals surface area contributed by atoms with Crippen molar-refractivity contribution < 1.29 is 22.4 Å². The van der Waals surface area contributed by atoms with Crippen LogP contribution in [-0.4, -0.2) is 25.3 Å². The summed E-state index contributed by atoms with van der Waals surface area (Å²) in [6, 6.07) is 5.31. The molecule has 2 nitrogen and oxygen atoms in total. The molecule has 2 rings (SSSR count). The third-order valence-corrected chi connectivity index (χ3v) is 3.25. The number of hydrogen-bond donors (Lipinski definition) is 0. The lowest BCUT2D eigenvalue weighted by Crippen LogP contribution is -2.36. The van der Waals surface area contributed by atoms with Gasteiger partial charge in [0.15, 0.2) is 0 Å². The average molecular weight is 273 g/mol. The Morgan fingerprint density at radius 1 is 1.32 bits per heavy atom. The largest absolute Gasteiger partial charge is 0.513 e. The van der Waals surface area contributed by atoms with Gasteiger partial charge in [0.25, 0.3) is 0 Å². The van der Waals surface area contributed by atoms with E-state index < -0.39 is 12.4 Å². The number of benzene rings is 1. The second-order valence-corrected chi connectivity index (χ2v) is 5.46. The highest BCUT2D eigenvalue weighted by atomic mass is 19.4. The van der Waals surface area contributed by atoms with E-state index in [1.165, 1.54) is 12.1 Å². The van der Waals surface area contributed by atoms with Gasteiger partial charge in [-0.15, -0.1) is 0 Å². The average Bonchev–Trinajstić information content (AvgIpc) is 2.66. The molecular formula is C13H17BF3O2-. The van der Waals surface area contributed by atoms with E-state index >= 15 is 0 Å². The molecule has 1 aromatic carbocycles. The molecular weight excluding hydrogens is 256 g/mol. The predicted molar refractivity (Wildman–Crippen MR) is 68.8 cm³/mol. The van der Waals surface area contributed by atoms with Crippen LogP contribution < -0.4 is 10.2 Å². The summed E-state index contributed by atoms with van der Waals surface area (Å²) in [7, 11) is 0. The summed E-state index contributed by atoms with van der Waals surface area (Å²) in [5.74, 6) is -0.108. The van der Waals surface area contributed by atoms with Crippen molar-refractivity contribution in [2.45, 2.75) is 38.4 Å². The highest BCUT2D eigenvalue weighted by molar-refractivity contribution is 6.74. The van der Waals surface area contributed by atoms with E-state index in [-0.39, 0.29) is 24.1 Å². The van der Waals surface area contributed by atoms with Crippen molar-refractivity contribution in [1.82, 2.24) is 0 Å². The number of para-hydroxylation sites is 1. The molecule has 1 aliphatic heterocycles. The van der Waals surface area contributed by atoms with Gasteiger partial charge in [0.1, 0.15) is 6.61 Å². The molecule has 1 aliphatic rings. The van der Waals surface area contributed by atoms with Crippen LogP contribution >= 0.6 is 0 Å². The van der Waals surface area contributed by atoms with Crippen molar-refractivity contribution in [3.05, 3.63) is 24.3 Å². The maximum absolute atomic E-state index is 12.8. The van der Waals surface area contributed by atoms with Crippen LogP contribution in [0.25, 0.3) is 0 Å². The van der Waals surface area contributed by atoms with Gasteiger partial charge in [0.05, 0.1) is 17.5 Å². The Balaban J connectivity index is 2.01. The molecule has 1 saturated heterocycles. The van der Waals surface area contributed by atoms with E-state index in [4.69, 9.17) is 9.47 Å². The predicted octanol–water partition coefficient (Wildman–Crippen LogP) is 3.08. The Kier molecular flexibility index (Phi) is 3.81. The molecule has 1 aromatic rings. The smallest absolute Gasteiger partial charge is 0.494 e. The second kappa shape index (κ2) is 5.08. The number of hydrogen-bond acceptors (Lipinski definition) is 2. The van der Waals surface area contributed by atoms with Gasteiger partial charge in [-0.3, -0.25) is 0 Å². The minimum absolute atomic E-state index is 0.108. The maximum atomic E-state index is 12.8. The molecule has 0 amide bonds. The fraction of sp³-hybridized carbons (Fsp3) is 0.538. The summed E-state index contributed by atoms with van der Waals surface area (Å²) >= 11 is 0. The summed E-state index contributed by atoms with van der Waals surface area (Å²) in [5.41, 5.74) is -0.888. The Bertz CT molecular complexity index is 446. The summed E-state index contributed by atoms with van der Waals surface area (Å²) in [6.07, 6.45) is 1.57. The van der Waals surface area contributed by atoms with E-state index in [2.05, 4.69) is 0 Å². The first-order valence-electron chi connectivity index (χ1n) is 6.37. The number of rotatable bonds is 4. The van der Waals surface area contributed by atoms with Crippen LogP contribution in [-0.2, 0) is 4.74 Å². The van der Waals surface area contributed by atoms with Crippen molar-refractivity contribution in [3.8, 4) is 5.75 Å². The summed E-state index contributed by atoms with van der Waals surface area (Å²) in [5, 5.41) is 0. The van der Waals surface area contributed by atoms with Crippen LogP contribution in [0.4, 0.5) is 12.9 Å². The van der Waals surface area contributed by atoms with Gasteiger partial charge in [-0.1, -0.05) is 23.7 Å². The molecule has 0 spiro atoms. The zero-order valence-electron chi connectivity index (χ0n) is 11.0. The van der Waals surface area contributed by atoms with Crippen LogP contribution in [0.5, 0.6) is 5.75 Å². The number of ether oxygens (including phenoxy) is 2. The number of halogens is 3. The molecule has 0 saturated carbocycles. The van der Waals surface area contributed by atoms with Crippen LogP contribution in [0.2, 0.25) is 0 Å². The zero-order valence-corrected chi connectivity index (χ0v) is 11.0. The first-order chi connectivity index (χ1) is 8.78. The second-order valence-electron chi connectivity index (χ2n) is 5.46. The highest BCUT2D eigenvalue weighted by Gasteiger charge is 2.33. The zero-order chi connectivity index (χ0) is 14.1. The van der Waals surface area contributed by atoms with Crippen LogP contribution in [0.1, 0.15) is 26.7 Å². The third kappa shape index (κ3) is 3.66. The molecule has 1 fully saturated rings. The molecule has 6 heteroatoms. The van der Waals surface area contributed by atoms with Gasteiger partial charge in [-0.25, -0.2) is 0 Å². The molecule has 106 valence electrons. The monoisotopic (exact) mass is 273 g/mol. The van der Waals surface area contributed by atoms with Crippen LogP contribution in [0, 0.1) is 0 Å². The summed E-state index contributed by atoms with van der Waals surface area (Å²) < 4.78 is 49.5. The van der Waals surface area contributed by atoms with Gasteiger partial charge in [0.2, 0.25) is 0 Å². The van der Waals surface area contributed by atoms with Gasteiger partial charge in [-0.2, -0.15) is 0 Å². The van der Waals surface area contributed by atoms with E-state index in [0.717, 1.165) is 18.9 Å². The molecule has 0 radical (unpaired) electrons. The normalized spacial score (nSPS) is 22.5. The highest BCUT2D eigenvalue weighted by Crippen LogP contribution is 2.29. The molecule has 0 aliphatic carbocycles. The lowest BCUT2D eigenvalue weighted by molar-refractivity contribution is -0.0325. The summed E-state index contributed by atoms with van der Waals surface area (Å²) in [4.78, 5) is 0. The molecule has 1 heterocycles. The minimum Gasteiger partial charge on any atom is -0.494 e. The Hall–Kier alpha value is -1.17. The van der Waals surface area contributed by atoms with Crippen molar-refractivity contribution in [3.63, 3.8) is 0 Å². The third-order valence-electron chi connectivity index (χ3n) is 3.25. The first kappa shape index (κ1) is 14.2. The van der Waals surface area contributed by atoms with E-state index in [1.807, 2.05) is 13.8 Å². The van der Waals surface area contributed by atoms with Gasteiger partial charge in [0, 0.05) is 0 Å². The molecule has 1 unspecified atom stereocenters. The van der Waals surface area contributed by atoms with Gasteiger partial charge in [-0.05, 0) is 32.8 Å². The molecule has 1 atom stereocenters. The molecule has 19 heavy (non-hydrogen) atoms. The standard InChI is InChI=1S/C13H17BF3O2/c1-13(2)8-7-10(19-13)9-18-12-6-4-3-5-11(12)14(15,16)17/h3-6,10H,7-9H2,1-2H3/q-1. The van der Waals surface area contributed by atoms with Crippen molar-refractivity contribution in [1.29, 1.82) is 0 Å². The lowest BCUT2D eigenvalue weighted by atomic mass is 9.79. The quantitative estimate of drug-likeness (QED) is 0.785. The fourth-order valence-electron chi connectivity index (χ4n) is 2.26. The van der Waals surface area contributed by atoms with Gasteiger partial charge >= 0.3 is 6.98 Å². The molecule has 0 bridgehead atoms. The first-order valence-corrected chi connectivity index (χ1v) is 6.37. The van der Waals surface area contributed by atoms with Crippen molar-refractivity contribution in [2.24, 2.45) is 0 Å². The Labute approximate surface area is 111 Å². The SMILES string of the molecule is CC1(C)CCC(COc2ccccc2[B-](F)(F)F)O1. The Morgan fingerprint density at radius 3 is 2.58 bits per heavy atom. The lowest BCUT2D eigenvalue weighted by Gasteiger charge is -2.22. The topological polar surface area (TPSA) is 18.5 Å². The fourth-order valence-corrected chi connectivity index (χ4v) is 2.26. The van der Waals surface area contributed by atoms with Crippen LogP contribution in [0.15, 0.2) is 24.3 Å². The molecule has 0 aromatic heterocycles. The Morgan fingerprint density at radius 2 is 2.00 bits per heavy atom. The van der Waals surface area contributed by atoms with E-state index in [0.29, 0.717) is 0 Å². The van der Waals surface area contributed by atoms with Gasteiger partial charge < -0.3 is 22.4 Å². The van der Waals surface area contributed by atoms with Crippen molar-refractivity contribution in [2.75, 3.05) is 6.61 Å². The minimum atomic E-state index is -5.05. The molecule has 0 N–H and O–H groups in total.